The number of nitrogens with one attached hydrogen (secondary N) is 1. The molecule has 0 spiro atoms. The van der Waals surface area contributed by atoms with Gasteiger partial charge in [-0.15, -0.1) is 0 Å². The Morgan fingerprint density at radius 1 is 1.48 bits per heavy atom. The molecule has 0 aromatic heterocycles. The Hall–Kier alpha value is -2.48. The van der Waals surface area contributed by atoms with Crippen LogP contribution in [-0.4, -0.2) is 47.3 Å². The van der Waals surface area contributed by atoms with Crippen molar-refractivity contribution in [2.75, 3.05) is 19.6 Å². The Labute approximate surface area is 121 Å². The predicted octanol–water partition coefficient (Wildman–Crippen LogP) is -0.197. The van der Waals surface area contributed by atoms with Gasteiger partial charge in [0, 0.05) is 25.7 Å². The van der Waals surface area contributed by atoms with E-state index in [4.69, 9.17) is 5.73 Å². The van der Waals surface area contributed by atoms with Crippen LogP contribution < -0.4 is 11.1 Å². The van der Waals surface area contributed by atoms with Gasteiger partial charge in [-0.05, 0) is 12.5 Å². The van der Waals surface area contributed by atoms with Crippen LogP contribution in [-0.2, 0) is 4.79 Å². The number of hydrogen-bond donors (Lipinski definition) is 2. The summed E-state index contributed by atoms with van der Waals surface area (Å²) in [6, 6.07) is 3.63. The topological polar surface area (TPSA) is 119 Å². The number of carbonyl (C=O) groups is 2. The summed E-state index contributed by atoms with van der Waals surface area (Å²) in [6.45, 7) is 2.66. The Balaban J connectivity index is 2.44. The molecule has 8 heteroatoms. The fourth-order valence-corrected chi connectivity index (χ4v) is 2.43. The zero-order valence-electron chi connectivity index (χ0n) is 11.5. The van der Waals surface area contributed by atoms with Gasteiger partial charge in [-0.1, -0.05) is 12.1 Å². The molecule has 0 bridgehead atoms. The molecule has 0 radical (unpaired) electrons. The highest BCUT2D eigenvalue weighted by Crippen LogP contribution is 2.24. The molecule has 8 nitrogen and oxygen atoms in total. The summed E-state index contributed by atoms with van der Waals surface area (Å²) in [4.78, 5) is 35.9. The van der Waals surface area contributed by atoms with E-state index in [1.165, 1.54) is 17.0 Å². The molecular formula is C13H16N4O4. The fraction of sp³-hybridized carbons (Fsp3) is 0.385. The maximum atomic E-state index is 12.6. The highest BCUT2D eigenvalue weighted by molar-refractivity contribution is 6.01. The highest BCUT2D eigenvalue weighted by Gasteiger charge is 2.34. The van der Waals surface area contributed by atoms with Crippen LogP contribution in [0.5, 0.6) is 0 Å². The smallest absolute Gasteiger partial charge is 0.282 e. The van der Waals surface area contributed by atoms with Crippen molar-refractivity contribution in [3.63, 3.8) is 0 Å². The molecule has 0 aliphatic carbocycles. The summed E-state index contributed by atoms with van der Waals surface area (Å²) in [5.74, 6) is -1.17. The molecule has 3 N–H and O–H groups in total. The first-order valence-corrected chi connectivity index (χ1v) is 6.48. The van der Waals surface area contributed by atoms with Gasteiger partial charge in [-0.2, -0.15) is 0 Å². The van der Waals surface area contributed by atoms with Gasteiger partial charge in [-0.3, -0.25) is 19.7 Å². The number of nitro groups is 1. The third kappa shape index (κ3) is 2.84. The van der Waals surface area contributed by atoms with Gasteiger partial charge in [0.15, 0.2) is 0 Å². The van der Waals surface area contributed by atoms with Crippen LogP contribution in [0.3, 0.4) is 0 Å². The zero-order valence-corrected chi connectivity index (χ0v) is 11.5. The second-order valence-electron chi connectivity index (χ2n) is 4.85. The number of amides is 2. The van der Waals surface area contributed by atoms with Gasteiger partial charge < -0.3 is 16.0 Å². The SMILES string of the molecule is Cc1cccc([N+](=O)[O-])c1C(=O)N1CCNCC1C(N)=O. The zero-order chi connectivity index (χ0) is 15.6. The van der Waals surface area contributed by atoms with Crippen molar-refractivity contribution >= 4 is 17.5 Å². The molecule has 1 aliphatic rings. The number of nitro benzene ring substituents is 1. The maximum Gasteiger partial charge on any atom is 0.282 e. The summed E-state index contributed by atoms with van der Waals surface area (Å²) in [7, 11) is 0. The summed E-state index contributed by atoms with van der Waals surface area (Å²) >= 11 is 0. The molecule has 1 heterocycles. The second kappa shape index (κ2) is 5.88. The van der Waals surface area contributed by atoms with Crippen LogP contribution >= 0.6 is 0 Å². The number of benzene rings is 1. The lowest BCUT2D eigenvalue weighted by atomic mass is 10.0. The normalized spacial score (nSPS) is 18.3. The summed E-state index contributed by atoms with van der Waals surface area (Å²) < 4.78 is 0. The van der Waals surface area contributed by atoms with E-state index in [0.717, 1.165) is 0 Å². The number of piperazine rings is 1. The van der Waals surface area contributed by atoms with Crippen molar-refractivity contribution in [2.45, 2.75) is 13.0 Å². The number of hydrogen-bond acceptors (Lipinski definition) is 5. The Morgan fingerprint density at radius 2 is 2.19 bits per heavy atom. The van der Waals surface area contributed by atoms with Gasteiger partial charge in [-0.25, -0.2) is 0 Å². The largest absolute Gasteiger partial charge is 0.368 e. The third-order valence-corrected chi connectivity index (χ3v) is 3.49. The van der Waals surface area contributed by atoms with Crippen LogP contribution in [0.2, 0.25) is 0 Å². The standard InChI is InChI=1S/C13H16N4O4/c1-8-3-2-4-9(17(20)21)11(8)13(19)16-6-5-15-7-10(16)12(14)18/h2-4,10,15H,5-7H2,1H3,(H2,14,18). The van der Waals surface area contributed by atoms with Gasteiger partial charge >= 0.3 is 0 Å². The highest BCUT2D eigenvalue weighted by atomic mass is 16.6. The number of nitrogens with zero attached hydrogens (tertiary/aromatic N) is 2. The summed E-state index contributed by atoms with van der Waals surface area (Å²) in [6.07, 6.45) is 0. The predicted molar refractivity (Wildman–Crippen MR) is 74.7 cm³/mol. The minimum atomic E-state index is -0.800. The molecule has 2 rings (SSSR count). The molecule has 1 saturated heterocycles. The number of rotatable bonds is 3. The van der Waals surface area contributed by atoms with Crippen LogP contribution in [0, 0.1) is 17.0 Å². The van der Waals surface area contributed by atoms with Crippen LogP contribution in [0.4, 0.5) is 5.69 Å². The van der Waals surface area contributed by atoms with Crippen LogP contribution in [0.1, 0.15) is 15.9 Å². The molecule has 112 valence electrons. The molecule has 1 fully saturated rings. The number of primary amides is 1. The number of aryl methyl sites for hydroxylation is 1. The van der Waals surface area contributed by atoms with E-state index in [1.54, 1.807) is 13.0 Å². The third-order valence-electron chi connectivity index (χ3n) is 3.49. The Kier molecular flexibility index (Phi) is 4.18. The minimum Gasteiger partial charge on any atom is -0.368 e. The van der Waals surface area contributed by atoms with Crippen molar-refractivity contribution < 1.29 is 14.5 Å². The van der Waals surface area contributed by atoms with E-state index in [2.05, 4.69) is 5.32 Å². The lowest BCUT2D eigenvalue weighted by Crippen LogP contribution is -2.58. The Morgan fingerprint density at radius 3 is 2.81 bits per heavy atom. The van der Waals surface area contributed by atoms with E-state index in [-0.39, 0.29) is 24.3 Å². The van der Waals surface area contributed by atoms with Crippen molar-refractivity contribution in [3.8, 4) is 0 Å². The fourth-order valence-electron chi connectivity index (χ4n) is 2.43. The van der Waals surface area contributed by atoms with Crippen molar-refractivity contribution in [2.24, 2.45) is 5.73 Å². The van der Waals surface area contributed by atoms with Gasteiger partial charge in [0.05, 0.1) is 4.92 Å². The molecule has 0 saturated carbocycles. The van der Waals surface area contributed by atoms with E-state index >= 15 is 0 Å². The van der Waals surface area contributed by atoms with E-state index < -0.39 is 22.8 Å². The maximum absolute atomic E-state index is 12.6. The first-order chi connectivity index (χ1) is 9.93. The van der Waals surface area contributed by atoms with Crippen molar-refractivity contribution in [3.05, 3.63) is 39.4 Å². The van der Waals surface area contributed by atoms with Crippen LogP contribution in [0.25, 0.3) is 0 Å². The molecule has 1 aromatic carbocycles. The quantitative estimate of drug-likeness (QED) is 0.591. The number of carbonyl (C=O) groups excluding carboxylic acids is 2. The van der Waals surface area contributed by atoms with Crippen molar-refractivity contribution in [1.82, 2.24) is 10.2 Å². The molecule has 1 atom stereocenters. The number of nitrogens with two attached hydrogens (primary N) is 1. The lowest BCUT2D eigenvalue weighted by molar-refractivity contribution is -0.385. The summed E-state index contributed by atoms with van der Waals surface area (Å²) in [5, 5.41) is 14.1. The molecular weight excluding hydrogens is 276 g/mol. The molecule has 1 aromatic rings. The first kappa shape index (κ1) is 14.9. The monoisotopic (exact) mass is 292 g/mol. The van der Waals surface area contributed by atoms with Gasteiger partial charge in [0.2, 0.25) is 5.91 Å². The van der Waals surface area contributed by atoms with Crippen LogP contribution in [0.15, 0.2) is 18.2 Å². The second-order valence-corrected chi connectivity index (χ2v) is 4.85. The first-order valence-electron chi connectivity index (χ1n) is 6.48. The molecule has 21 heavy (non-hydrogen) atoms. The van der Waals surface area contributed by atoms with E-state index in [0.29, 0.717) is 12.1 Å². The van der Waals surface area contributed by atoms with Crippen molar-refractivity contribution in [1.29, 1.82) is 0 Å². The minimum absolute atomic E-state index is 0.00986. The average molecular weight is 292 g/mol. The van der Waals surface area contributed by atoms with E-state index in [9.17, 15) is 19.7 Å². The van der Waals surface area contributed by atoms with Gasteiger partial charge in [0.25, 0.3) is 11.6 Å². The summed E-state index contributed by atoms with van der Waals surface area (Å²) in [5.41, 5.74) is 5.55. The molecule has 2 amide bonds. The lowest BCUT2D eigenvalue weighted by Gasteiger charge is -2.34. The molecule has 1 aliphatic heterocycles. The van der Waals surface area contributed by atoms with Gasteiger partial charge in [0.1, 0.15) is 11.6 Å². The Bertz CT molecular complexity index is 602. The van der Waals surface area contributed by atoms with E-state index in [1.807, 2.05) is 0 Å². The average Bonchev–Trinajstić information content (AvgIpc) is 2.46. The molecule has 1 unspecified atom stereocenters.